The minimum atomic E-state index is -0.626. The summed E-state index contributed by atoms with van der Waals surface area (Å²) in [6.07, 6.45) is 1.66. The highest BCUT2D eigenvalue weighted by atomic mass is 32.2. The van der Waals surface area contributed by atoms with E-state index in [0.717, 1.165) is 11.8 Å². The Hall–Kier alpha value is -2.71. The van der Waals surface area contributed by atoms with Gasteiger partial charge >= 0.3 is 0 Å². The first-order valence-corrected chi connectivity index (χ1v) is 8.51. The predicted molar refractivity (Wildman–Crippen MR) is 91.8 cm³/mol. The molecule has 1 aliphatic carbocycles. The third kappa shape index (κ3) is 3.54. The second-order valence-corrected chi connectivity index (χ2v) is 6.32. The summed E-state index contributed by atoms with van der Waals surface area (Å²) in [5.74, 6) is -1.36. The predicted octanol–water partition coefficient (Wildman–Crippen LogP) is 2.31. The third-order valence-electron chi connectivity index (χ3n) is 3.44. The van der Waals surface area contributed by atoms with Crippen molar-refractivity contribution in [2.75, 3.05) is 17.7 Å². The molecule has 0 spiro atoms. The van der Waals surface area contributed by atoms with Gasteiger partial charge in [-0.3, -0.25) is 14.4 Å². The topological polar surface area (TPSA) is 110 Å². The number of hydrogen-bond acceptors (Lipinski definition) is 7. The number of thioether (sulfide) groups is 1. The van der Waals surface area contributed by atoms with Crippen LogP contribution in [-0.4, -0.2) is 40.1 Å². The highest BCUT2D eigenvalue weighted by Gasteiger charge is 2.35. The Labute approximate surface area is 147 Å². The van der Waals surface area contributed by atoms with Crippen molar-refractivity contribution in [1.29, 1.82) is 0 Å². The Kier molecular flexibility index (Phi) is 5.11. The zero-order chi connectivity index (χ0) is 17.8. The Balaban J connectivity index is 1.86. The highest BCUT2D eigenvalue weighted by molar-refractivity contribution is 8.04. The van der Waals surface area contributed by atoms with E-state index in [1.54, 1.807) is 30.3 Å². The van der Waals surface area contributed by atoms with Crippen LogP contribution in [0.1, 0.15) is 37.8 Å². The van der Waals surface area contributed by atoms with Crippen molar-refractivity contribution < 1.29 is 24.0 Å². The maximum Gasteiger partial charge on any atom is 0.278 e. The summed E-state index contributed by atoms with van der Waals surface area (Å²) in [6.45, 7) is -0.00827. The van der Waals surface area contributed by atoms with Crippen LogP contribution in [0.2, 0.25) is 0 Å². The summed E-state index contributed by atoms with van der Waals surface area (Å²) in [7, 11) is 0. The van der Waals surface area contributed by atoms with Crippen LogP contribution in [0.3, 0.4) is 0 Å². The molecule has 0 radical (unpaired) electrons. The van der Waals surface area contributed by atoms with E-state index in [0.29, 0.717) is 17.9 Å². The molecule has 2 N–H and O–H groups in total. The minimum absolute atomic E-state index is 0.00827. The quantitative estimate of drug-likeness (QED) is 0.763. The van der Waals surface area contributed by atoms with Crippen LogP contribution in [0.4, 0.5) is 5.69 Å². The molecule has 0 saturated carbocycles. The second-order valence-electron chi connectivity index (χ2n) is 5.18. The molecule has 1 aromatic carbocycles. The molecule has 1 heterocycles. The molecule has 128 valence electrons. The number of aliphatic hydroxyl groups excluding tert-OH is 1. The summed E-state index contributed by atoms with van der Waals surface area (Å²) in [6, 6.07) is 8.68. The normalized spacial score (nSPS) is 13.4. The van der Waals surface area contributed by atoms with E-state index in [2.05, 4.69) is 10.5 Å². The summed E-state index contributed by atoms with van der Waals surface area (Å²) in [5, 5.41) is 15.1. The van der Waals surface area contributed by atoms with Gasteiger partial charge < -0.3 is 14.9 Å². The van der Waals surface area contributed by atoms with Gasteiger partial charge in [-0.25, -0.2) is 0 Å². The number of carbonyl (C=O) groups is 3. The van der Waals surface area contributed by atoms with Crippen LogP contribution in [-0.2, 0) is 0 Å². The third-order valence-corrected chi connectivity index (χ3v) is 4.54. The van der Waals surface area contributed by atoms with E-state index in [4.69, 9.17) is 9.63 Å². The van der Waals surface area contributed by atoms with Gasteiger partial charge in [-0.05, 0) is 18.6 Å². The lowest BCUT2D eigenvalue weighted by molar-refractivity contribution is 0.0967. The smallest absolute Gasteiger partial charge is 0.278 e. The highest BCUT2D eigenvalue weighted by Crippen LogP contribution is 2.31. The summed E-state index contributed by atoms with van der Waals surface area (Å²) < 4.78 is 4.93. The number of aliphatic hydroxyl groups is 1. The lowest BCUT2D eigenvalue weighted by atomic mass is 9.99. The molecule has 0 bridgehead atoms. The number of anilines is 1. The molecule has 3 rings (SSSR count). The van der Waals surface area contributed by atoms with Gasteiger partial charge in [0.15, 0.2) is 5.69 Å². The van der Waals surface area contributed by atoms with Crippen molar-refractivity contribution >= 4 is 34.9 Å². The van der Waals surface area contributed by atoms with E-state index in [9.17, 15) is 14.4 Å². The zero-order valence-corrected chi connectivity index (χ0v) is 13.8. The summed E-state index contributed by atoms with van der Waals surface area (Å²) in [4.78, 5) is 37.3. The molecule has 0 atom stereocenters. The number of nitrogens with zero attached hydrogens (tertiary/aromatic N) is 1. The number of hydrogen-bond donors (Lipinski definition) is 2. The van der Waals surface area contributed by atoms with Gasteiger partial charge in [0, 0.05) is 24.1 Å². The van der Waals surface area contributed by atoms with Crippen LogP contribution in [0.25, 0.3) is 0 Å². The Bertz CT molecular complexity index is 857. The van der Waals surface area contributed by atoms with Crippen molar-refractivity contribution in [3.05, 3.63) is 58.3 Å². The van der Waals surface area contributed by atoms with Crippen molar-refractivity contribution in [1.82, 2.24) is 5.16 Å². The molecule has 0 aliphatic heterocycles. The molecule has 0 unspecified atom stereocenters. The zero-order valence-electron chi connectivity index (χ0n) is 13.0. The van der Waals surface area contributed by atoms with Crippen molar-refractivity contribution in [3.8, 4) is 0 Å². The van der Waals surface area contributed by atoms with Gasteiger partial charge in [-0.1, -0.05) is 23.4 Å². The molecular formula is C17H14N2O5S. The number of amides is 1. The number of rotatable bonds is 6. The fourth-order valence-electron chi connectivity index (χ4n) is 2.26. The van der Waals surface area contributed by atoms with Gasteiger partial charge in [0.1, 0.15) is 5.56 Å². The fourth-order valence-corrected chi connectivity index (χ4v) is 3.18. The number of para-hydroxylation sites is 1. The van der Waals surface area contributed by atoms with E-state index >= 15 is 0 Å². The van der Waals surface area contributed by atoms with Crippen LogP contribution >= 0.6 is 11.8 Å². The molecule has 1 amide bonds. The SMILES string of the molecule is O=C(Nc1ccccc1)c1noc2c1C(=O)C(SCCCO)=CC2=O. The minimum Gasteiger partial charge on any atom is -0.396 e. The molecular weight excluding hydrogens is 344 g/mol. The number of fused-ring (bicyclic) bond motifs is 1. The van der Waals surface area contributed by atoms with Gasteiger partial charge in [-0.15, -0.1) is 11.8 Å². The van der Waals surface area contributed by atoms with Gasteiger partial charge in [0.25, 0.3) is 5.91 Å². The molecule has 8 heteroatoms. The van der Waals surface area contributed by atoms with Crippen LogP contribution < -0.4 is 5.32 Å². The van der Waals surface area contributed by atoms with Gasteiger partial charge in [0.05, 0.1) is 4.91 Å². The molecule has 1 aliphatic rings. The summed E-state index contributed by atoms with van der Waals surface area (Å²) in [5.41, 5.74) is 0.199. The van der Waals surface area contributed by atoms with Gasteiger partial charge in [-0.2, -0.15) is 0 Å². The molecule has 0 saturated heterocycles. The number of Topliss-reactive ketones (excluding diaryl/α,β-unsaturated/α-hetero) is 1. The van der Waals surface area contributed by atoms with Crippen molar-refractivity contribution in [3.63, 3.8) is 0 Å². The monoisotopic (exact) mass is 358 g/mol. The van der Waals surface area contributed by atoms with Crippen LogP contribution in [0.15, 0.2) is 45.8 Å². The first-order valence-electron chi connectivity index (χ1n) is 7.52. The maximum atomic E-state index is 12.6. The molecule has 0 fully saturated rings. The van der Waals surface area contributed by atoms with Crippen LogP contribution in [0, 0.1) is 0 Å². The number of benzene rings is 1. The van der Waals surface area contributed by atoms with Crippen LogP contribution in [0.5, 0.6) is 0 Å². The number of aromatic nitrogens is 1. The average Bonchev–Trinajstić information content (AvgIpc) is 3.06. The lowest BCUT2D eigenvalue weighted by Crippen LogP contribution is -2.20. The molecule has 1 aromatic heterocycles. The number of ketones is 2. The first kappa shape index (κ1) is 17.1. The van der Waals surface area contributed by atoms with E-state index in [1.807, 2.05) is 0 Å². The summed E-state index contributed by atoms with van der Waals surface area (Å²) >= 11 is 1.15. The maximum absolute atomic E-state index is 12.6. The van der Waals surface area contributed by atoms with E-state index < -0.39 is 17.5 Å². The van der Waals surface area contributed by atoms with E-state index in [1.165, 1.54) is 6.08 Å². The Morgan fingerprint density at radius 2 is 2.00 bits per heavy atom. The second kappa shape index (κ2) is 7.45. The first-order chi connectivity index (χ1) is 12.1. The lowest BCUT2D eigenvalue weighted by Gasteiger charge is -2.10. The molecule has 25 heavy (non-hydrogen) atoms. The fraction of sp³-hybridized carbons (Fsp3) is 0.176. The molecule has 2 aromatic rings. The van der Waals surface area contributed by atoms with E-state index in [-0.39, 0.29) is 28.5 Å². The number of allylic oxidation sites excluding steroid dienone is 2. The van der Waals surface area contributed by atoms with Crippen molar-refractivity contribution in [2.24, 2.45) is 0 Å². The van der Waals surface area contributed by atoms with Gasteiger partial charge in [0.2, 0.25) is 17.3 Å². The average molecular weight is 358 g/mol. The number of nitrogens with one attached hydrogen (secondary N) is 1. The molecule has 7 nitrogen and oxygen atoms in total. The largest absolute Gasteiger partial charge is 0.396 e. The standard InChI is InChI=1S/C17H14N2O5S/c20-7-4-8-25-12-9-11(21)16-13(15(12)22)14(19-24-16)17(23)18-10-5-2-1-3-6-10/h1-3,5-6,9,20H,4,7-8H2,(H,18,23). The number of carbonyl (C=O) groups excluding carboxylic acids is 3. The van der Waals surface area contributed by atoms with Crippen molar-refractivity contribution in [2.45, 2.75) is 6.42 Å². The Morgan fingerprint density at radius 3 is 2.72 bits per heavy atom. The Morgan fingerprint density at radius 1 is 1.24 bits per heavy atom.